The maximum Gasteiger partial charge on any atom is 0.322 e. The third-order valence-electron chi connectivity index (χ3n) is 1.58. The van der Waals surface area contributed by atoms with Gasteiger partial charge in [-0.1, -0.05) is 0 Å². The number of nitrogens with zero attached hydrogens (tertiary/aromatic N) is 1. The number of urea groups is 1. The highest BCUT2D eigenvalue weighted by Gasteiger charge is 2.12. The van der Waals surface area contributed by atoms with Gasteiger partial charge in [0.05, 0.1) is 6.54 Å². The molecule has 0 aliphatic carbocycles. The Hall–Kier alpha value is -2.32. The van der Waals surface area contributed by atoms with Gasteiger partial charge in [-0.25, -0.2) is 4.79 Å². The van der Waals surface area contributed by atoms with Gasteiger partial charge >= 0.3 is 12.0 Å². The van der Waals surface area contributed by atoms with E-state index in [1.54, 1.807) is 0 Å². The van der Waals surface area contributed by atoms with Gasteiger partial charge in [0.2, 0.25) is 11.8 Å². The van der Waals surface area contributed by atoms with Crippen LogP contribution in [0.2, 0.25) is 0 Å². The summed E-state index contributed by atoms with van der Waals surface area (Å²) in [5.74, 6) is -2.51. The van der Waals surface area contributed by atoms with E-state index in [-0.39, 0.29) is 13.1 Å². The lowest BCUT2D eigenvalue weighted by Gasteiger charge is -2.15. The first-order chi connectivity index (χ1) is 7.82. The fourth-order valence-electron chi connectivity index (χ4n) is 0.833. The Kier molecular flexibility index (Phi) is 6.08. The number of nitrogens with one attached hydrogen (secondary N) is 2. The molecule has 0 saturated heterocycles. The zero-order chi connectivity index (χ0) is 13.4. The van der Waals surface area contributed by atoms with Crippen LogP contribution in [0.25, 0.3) is 0 Å². The normalized spacial score (nSPS) is 9.24. The molecule has 0 fully saturated rings. The van der Waals surface area contributed by atoms with E-state index < -0.39 is 30.4 Å². The van der Waals surface area contributed by atoms with Crippen LogP contribution in [0.3, 0.4) is 0 Å². The molecular formula is C8H14N4O5. The first kappa shape index (κ1) is 14.7. The molecule has 0 aliphatic heterocycles. The van der Waals surface area contributed by atoms with Crippen molar-refractivity contribution in [3.05, 3.63) is 0 Å². The summed E-state index contributed by atoms with van der Waals surface area (Å²) in [6.45, 7) is -1.18. The fraction of sp³-hybridized carbons (Fsp3) is 0.500. The zero-order valence-electron chi connectivity index (χ0n) is 9.23. The number of nitrogens with two attached hydrogens (primary N) is 1. The van der Waals surface area contributed by atoms with Gasteiger partial charge in [0.15, 0.2) is 0 Å². The largest absolute Gasteiger partial charge is 0.480 e. The molecule has 0 aromatic rings. The third-order valence-corrected chi connectivity index (χ3v) is 1.58. The number of carboxylic acids is 1. The summed E-state index contributed by atoms with van der Waals surface area (Å²) in [5, 5.41) is 12.5. The summed E-state index contributed by atoms with van der Waals surface area (Å²) < 4.78 is 0. The topological polar surface area (TPSA) is 142 Å². The number of carbonyl (C=O) groups excluding carboxylic acids is 3. The van der Waals surface area contributed by atoms with E-state index in [1.807, 2.05) is 0 Å². The quantitative estimate of drug-likeness (QED) is 0.404. The van der Waals surface area contributed by atoms with Crippen LogP contribution in [0.15, 0.2) is 0 Å². The summed E-state index contributed by atoms with van der Waals surface area (Å²) in [7, 11) is 1.33. The minimum atomic E-state index is -1.18. The summed E-state index contributed by atoms with van der Waals surface area (Å²) >= 11 is 0. The number of primary amides is 1. The van der Waals surface area contributed by atoms with Crippen LogP contribution in [0, 0.1) is 0 Å². The van der Waals surface area contributed by atoms with E-state index in [1.165, 1.54) is 7.05 Å². The van der Waals surface area contributed by atoms with Gasteiger partial charge in [-0.15, -0.1) is 0 Å². The van der Waals surface area contributed by atoms with E-state index in [0.29, 0.717) is 0 Å². The number of carboxylic acid groups (broad SMARTS) is 1. The van der Waals surface area contributed by atoms with E-state index >= 15 is 0 Å². The predicted octanol–water partition coefficient (Wildman–Crippen LogP) is -2.69. The van der Waals surface area contributed by atoms with Crippen molar-refractivity contribution in [2.24, 2.45) is 5.73 Å². The highest BCUT2D eigenvalue weighted by atomic mass is 16.4. The van der Waals surface area contributed by atoms with Crippen LogP contribution in [-0.4, -0.2) is 60.5 Å². The van der Waals surface area contributed by atoms with Crippen molar-refractivity contribution in [3.8, 4) is 0 Å². The van der Waals surface area contributed by atoms with Gasteiger partial charge in [-0.05, 0) is 0 Å². The molecule has 0 aromatic carbocycles. The molecule has 9 heteroatoms. The van der Waals surface area contributed by atoms with Crippen molar-refractivity contribution in [1.29, 1.82) is 0 Å². The molecule has 0 bridgehead atoms. The number of hydrogen-bond acceptors (Lipinski definition) is 4. The lowest BCUT2D eigenvalue weighted by Crippen LogP contribution is -2.45. The summed E-state index contributed by atoms with van der Waals surface area (Å²) in [4.78, 5) is 43.8. The smallest absolute Gasteiger partial charge is 0.322 e. The molecule has 5 N–H and O–H groups in total. The molecule has 0 unspecified atom stereocenters. The maximum absolute atomic E-state index is 11.2. The van der Waals surface area contributed by atoms with E-state index in [2.05, 4.69) is 10.6 Å². The van der Waals surface area contributed by atoms with Gasteiger partial charge in [0, 0.05) is 7.05 Å². The van der Waals surface area contributed by atoms with Crippen LogP contribution >= 0.6 is 0 Å². The standard InChI is InChI=1S/C8H14N4O5/c1-12(4-5(9)13)8(17)11-2-6(14)10-3-7(15)16/h2-4H2,1H3,(H2,9,13)(H,10,14)(H,11,17)(H,15,16). The summed E-state index contributed by atoms with van der Waals surface area (Å²) in [5.41, 5.74) is 4.86. The molecule has 0 rings (SSSR count). The second-order valence-corrected chi connectivity index (χ2v) is 3.15. The van der Waals surface area contributed by atoms with Crippen molar-refractivity contribution in [2.75, 3.05) is 26.7 Å². The van der Waals surface area contributed by atoms with Crippen molar-refractivity contribution < 1.29 is 24.3 Å². The van der Waals surface area contributed by atoms with Crippen molar-refractivity contribution in [3.63, 3.8) is 0 Å². The number of likely N-dealkylation sites (N-methyl/N-ethyl adjacent to an activating group) is 1. The van der Waals surface area contributed by atoms with Crippen LogP contribution < -0.4 is 16.4 Å². The molecule has 0 radical (unpaired) electrons. The molecule has 0 atom stereocenters. The van der Waals surface area contributed by atoms with Crippen LogP contribution in [0.4, 0.5) is 4.79 Å². The van der Waals surface area contributed by atoms with Gasteiger partial charge in [-0.3, -0.25) is 14.4 Å². The lowest BCUT2D eigenvalue weighted by atomic mass is 10.5. The third kappa shape index (κ3) is 7.59. The molecule has 0 aromatic heterocycles. The molecule has 0 saturated carbocycles. The first-order valence-electron chi connectivity index (χ1n) is 4.58. The van der Waals surface area contributed by atoms with Gasteiger partial charge < -0.3 is 26.4 Å². The summed E-state index contributed by atoms with van der Waals surface area (Å²) in [6.07, 6.45) is 0. The Bertz CT molecular complexity index is 330. The van der Waals surface area contributed by atoms with Gasteiger partial charge in [0.25, 0.3) is 0 Å². The van der Waals surface area contributed by atoms with Crippen molar-refractivity contribution in [2.45, 2.75) is 0 Å². The zero-order valence-corrected chi connectivity index (χ0v) is 9.23. The number of aliphatic carboxylic acids is 1. The Morgan fingerprint density at radius 3 is 2.24 bits per heavy atom. The Balaban J connectivity index is 3.87. The molecule has 17 heavy (non-hydrogen) atoms. The van der Waals surface area contributed by atoms with Crippen molar-refractivity contribution in [1.82, 2.24) is 15.5 Å². The maximum atomic E-state index is 11.2. The number of rotatable bonds is 6. The van der Waals surface area contributed by atoms with Gasteiger partial charge in [0.1, 0.15) is 13.1 Å². The second kappa shape index (κ2) is 7.04. The molecule has 0 aliphatic rings. The molecular weight excluding hydrogens is 232 g/mol. The number of amides is 4. The average molecular weight is 246 g/mol. The Morgan fingerprint density at radius 2 is 1.76 bits per heavy atom. The molecule has 96 valence electrons. The number of hydrogen-bond donors (Lipinski definition) is 4. The predicted molar refractivity (Wildman–Crippen MR) is 55.9 cm³/mol. The number of carbonyl (C=O) groups is 4. The minimum absolute atomic E-state index is 0.275. The van der Waals surface area contributed by atoms with Crippen molar-refractivity contribution >= 4 is 23.8 Å². The van der Waals surface area contributed by atoms with Crippen LogP contribution in [0.5, 0.6) is 0 Å². The molecule has 0 spiro atoms. The highest BCUT2D eigenvalue weighted by molar-refractivity contribution is 5.87. The SMILES string of the molecule is CN(CC(N)=O)C(=O)NCC(=O)NCC(=O)O. The minimum Gasteiger partial charge on any atom is -0.480 e. The van der Waals surface area contributed by atoms with E-state index in [4.69, 9.17) is 10.8 Å². The Labute approximate surface area is 96.9 Å². The molecule has 9 nitrogen and oxygen atoms in total. The monoisotopic (exact) mass is 246 g/mol. The van der Waals surface area contributed by atoms with Gasteiger partial charge in [-0.2, -0.15) is 0 Å². The highest BCUT2D eigenvalue weighted by Crippen LogP contribution is 1.82. The molecule has 4 amide bonds. The Morgan fingerprint density at radius 1 is 1.18 bits per heavy atom. The summed E-state index contributed by atoms with van der Waals surface area (Å²) in [6, 6.07) is -0.658. The van der Waals surface area contributed by atoms with E-state index in [0.717, 1.165) is 4.90 Å². The molecule has 0 heterocycles. The lowest BCUT2D eigenvalue weighted by molar-refractivity contribution is -0.137. The second-order valence-electron chi connectivity index (χ2n) is 3.15. The van der Waals surface area contributed by atoms with E-state index in [9.17, 15) is 19.2 Å². The van der Waals surface area contributed by atoms with Crippen LogP contribution in [0.1, 0.15) is 0 Å². The average Bonchev–Trinajstić information content (AvgIpc) is 2.21. The first-order valence-corrected chi connectivity index (χ1v) is 4.58. The van der Waals surface area contributed by atoms with Crippen LogP contribution in [-0.2, 0) is 14.4 Å². The fourth-order valence-corrected chi connectivity index (χ4v) is 0.833.